The predicted octanol–water partition coefficient (Wildman–Crippen LogP) is 5.12. The number of rotatable bonds is 1. The number of hydrogen-bond acceptors (Lipinski definition) is 0. The first kappa shape index (κ1) is 13.2. The molecule has 0 aliphatic heterocycles. The summed E-state index contributed by atoms with van der Waals surface area (Å²) in [7, 11) is 0. The molecule has 0 unspecified atom stereocenters. The average molecular weight is 350 g/mol. The highest BCUT2D eigenvalue weighted by Crippen LogP contribution is 2.40. The SMILES string of the molecule is Cc1cc(C2CCC(C)(F)CC2)cc(F)c1I. The molecule has 1 fully saturated rings. The van der Waals surface area contributed by atoms with Crippen LogP contribution in [0.2, 0.25) is 0 Å². The summed E-state index contributed by atoms with van der Waals surface area (Å²) in [4.78, 5) is 0. The van der Waals surface area contributed by atoms with Crippen molar-refractivity contribution in [1.29, 1.82) is 0 Å². The molecule has 3 heteroatoms. The van der Waals surface area contributed by atoms with Crippen LogP contribution in [0.5, 0.6) is 0 Å². The predicted molar refractivity (Wildman–Crippen MR) is 74.6 cm³/mol. The molecule has 0 amide bonds. The Morgan fingerprint density at radius 3 is 2.41 bits per heavy atom. The second-order valence-electron chi connectivity index (χ2n) is 5.32. The molecule has 94 valence electrons. The van der Waals surface area contributed by atoms with Crippen molar-refractivity contribution in [3.05, 3.63) is 32.6 Å². The highest BCUT2D eigenvalue weighted by atomic mass is 127. The molecule has 1 saturated carbocycles. The van der Waals surface area contributed by atoms with Crippen LogP contribution >= 0.6 is 22.6 Å². The van der Waals surface area contributed by atoms with E-state index in [4.69, 9.17) is 0 Å². The third-order valence-electron chi connectivity index (χ3n) is 3.73. The Labute approximate surface area is 115 Å². The molecule has 1 aromatic rings. The lowest BCUT2D eigenvalue weighted by molar-refractivity contribution is 0.120. The fourth-order valence-corrected chi connectivity index (χ4v) is 2.85. The molecule has 0 saturated heterocycles. The molecule has 1 aromatic carbocycles. The molecule has 0 aromatic heterocycles. The van der Waals surface area contributed by atoms with E-state index < -0.39 is 5.67 Å². The minimum atomic E-state index is -1.02. The summed E-state index contributed by atoms with van der Waals surface area (Å²) >= 11 is 2.03. The van der Waals surface area contributed by atoms with Crippen molar-refractivity contribution in [3.8, 4) is 0 Å². The first-order valence-corrected chi connectivity index (χ1v) is 7.11. The van der Waals surface area contributed by atoms with Crippen LogP contribution in [0.4, 0.5) is 8.78 Å². The van der Waals surface area contributed by atoms with Crippen molar-refractivity contribution < 1.29 is 8.78 Å². The van der Waals surface area contributed by atoms with Gasteiger partial charge >= 0.3 is 0 Å². The van der Waals surface area contributed by atoms with E-state index in [1.807, 2.05) is 29.5 Å². The molecular weight excluding hydrogens is 333 g/mol. The van der Waals surface area contributed by atoms with E-state index in [0.717, 1.165) is 24.0 Å². The van der Waals surface area contributed by atoms with Crippen molar-refractivity contribution in [2.45, 2.75) is 51.1 Å². The summed E-state index contributed by atoms with van der Waals surface area (Å²) in [6.07, 6.45) is 2.83. The molecule has 0 radical (unpaired) electrons. The van der Waals surface area contributed by atoms with Gasteiger partial charge in [-0.25, -0.2) is 8.78 Å². The highest BCUT2D eigenvalue weighted by molar-refractivity contribution is 14.1. The topological polar surface area (TPSA) is 0 Å². The number of aryl methyl sites for hydroxylation is 1. The fraction of sp³-hybridized carbons (Fsp3) is 0.571. The lowest BCUT2D eigenvalue weighted by Crippen LogP contribution is -2.25. The van der Waals surface area contributed by atoms with E-state index in [-0.39, 0.29) is 5.82 Å². The van der Waals surface area contributed by atoms with Crippen molar-refractivity contribution >= 4 is 22.6 Å². The molecule has 0 atom stereocenters. The Morgan fingerprint density at radius 2 is 1.88 bits per heavy atom. The summed E-state index contributed by atoms with van der Waals surface area (Å²) in [5, 5.41) is 0. The Hall–Kier alpha value is -0.190. The van der Waals surface area contributed by atoms with E-state index in [0.29, 0.717) is 22.3 Å². The zero-order chi connectivity index (χ0) is 12.6. The average Bonchev–Trinajstić information content (AvgIpc) is 2.25. The van der Waals surface area contributed by atoms with Gasteiger partial charge in [-0.3, -0.25) is 0 Å². The molecule has 0 nitrogen and oxygen atoms in total. The molecule has 17 heavy (non-hydrogen) atoms. The van der Waals surface area contributed by atoms with Gasteiger partial charge in [-0.15, -0.1) is 0 Å². The standard InChI is InChI=1S/C14H17F2I/c1-9-7-11(8-12(15)13(9)17)10-3-5-14(2,16)6-4-10/h7-8,10H,3-6H2,1-2H3. The fourth-order valence-electron chi connectivity index (χ4n) is 2.54. The van der Waals surface area contributed by atoms with Gasteiger partial charge in [0.05, 0.1) is 3.57 Å². The van der Waals surface area contributed by atoms with Crippen LogP contribution in [0.15, 0.2) is 12.1 Å². The minimum absolute atomic E-state index is 0.144. The molecule has 1 aliphatic rings. The first-order chi connectivity index (χ1) is 7.89. The van der Waals surface area contributed by atoms with Crippen LogP contribution in [-0.2, 0) is 0 Å². The minimum Gasteiger partial charge on any atom is -0.244 e. The zero-order valence-corrected chi connectivity index (χ0v) is 12.4. The molecule has 0 spiro atoms. The van der Waals surface area contributed by atoms with Gasteiger partial charge in [0.1, 0.15) is 11.5 Å². The third kappa shape index (κ3) is 2.98. The second-order valence-corrected chi connectivity index (χ2v) is 6.40. The van der Waals surface area contributed by atoms with Crippen LogP contribution in [0.3, 0.4) is 0 Å². The van der Waals surface area contributed by atoms with Crippen LogP contribution in [0.1, 0.15) is 49.7 Å². The van der Waals surface area contributed by atoms with Gasteiger partial charge in [0.25, 0.3) is 0 Å². The maximum atomic E-state index is 13.7. The van der Waals surface area contributed by atoms with Gasteiger partial charge in [-0.05, 0) is 85.2 Å². The maximum absolute atomic E-state index is 13.7. The normalized spacial score (nSPS) is 29.4. The van der Waals surface area contributed by atoms with Gasteiger partial charge in [-0.2, -0.15) is 0 Å². The lowest BCUT2D eigenvalue weighted by atomic mass is 9.77. The van der Waals surface area contributed by atoms with E-state index >= 15 is 0 Å². The number of alkyl halides is 1. The van der Waals surface area contributed by atoms with Crippen molar-refractivity contribution in [3.63, 3.8) is 0 Å². The summed E-state index contributed by atoms with van der Waals surface area (Å²) < 4.78 is 28.1. The monoisotopic (exact) mass is 350 g/mol. The van der Waals surface area contributed by atoms with E-state index in [1.165, 1.54) is 0 Å². The summed E-state index contributed by atoms with van der Waals surface area (Å²) in [5.74, 6) is 0.179. The maximum Gasteiger partial charge on any atom is 0.137 e. The first-order valence-electron chi connectivity index (χ1n) is 6.03. The van der Waals surface area contributed by atoms with E-state index in [1.54, 1.807) is 13.0 Å². The highest BCUT2D eigenvalue weighted by Gasteiger charge is 2.31. The molecular formula is C14H17F2I. The van der Waals surface area contributed by atoms with Crippen LogP contribution in [-0.4, -0.2) is 5.67 Å². The molecule has 2 rings (SSSR count). The molecule has 0 N–H and O–H groups in total. The number of benzene rings is 1. The van der Waals surface area contributed by atoms with Crippen molar-refractivity contribution in [2.75, 3.05) is 0 Å². The third-order valence-corrected chi connectivity index (χ3v) is 5.10. The van der Waals surface area contributed by atoms with Crippen molar-refractivity contribution in [2.24, 2.45) is 0 Å². The molecule has 0 bridgehead atoms. The van der Waals surface area contributed by atoms with Gasteiger partial charge in [0, 0.05) is 0 Å². The Balaban J connectivity index is 2.19. The van der Waals surface area contributed by atoms with Crippen LogP contribution < -0.4 is 0 Å². The second kappa shape index (κ2) is 4.82. The Morgan fingerprint density at radius 1 is 1.29 bits per heavy atom. The van der Waals surface area contributed by atoms with Gasteiger partial charge < -0.3 is 0 Å². The van der Waals surface area contributed by atoms with Gasteiger partial charge in [0.2, 0.25) is 0 Å². The lowest BCUT2D eigenvalue weighted by Gasteiger charge is -2.31. The van der Waals surface area contributed by atoms with Crippen molar-refractivity contribution in [1.82, 2.24) is 0 Å². The van der Waals surface area contributed by atoms with Crippen LogP contribution in [0.25, 0.3) is 0 Å². The zero-order valence-electron chi connectivity index (χ0n) is 10.2. The summed E-state index contributed by atoms with van der Waals surface area (Å²) in [6.45, 7) is 3.60. The Kier molecular flexibility index (Phi) is 3.76. The van der Waals surface area contributed by atoms with Gasteiger partial charge in [-0.1, -0.05) is 6.07 Å². The number of halogens is 3. The van der Waals surface area contributed by atoms with Gasteiger partial charge in [0.15, 0.2) is 0 Å². The van der Waals surface area contributed by atoms with Crippen LogP contribution in [0, 0.1) is 16.3 Å². The largest absolute Gasteiger partial charge is 0.244 e. The van der Waals surface area contributed by atoms with E-state index in [9.17, 15) is 8.78 Å². The quantitative estimate of drug-likeness (QED) is 0.617. The molecule has 1 aliphatic carbocycles. The Bertz CT molecular complexity index is 393. The smallest absolute Gasteiger partial charge is 0.137 e. The molecule has 0 heterocycles. The summed E-state index contributed by atoms with van der Waals surface area (Å²) in [6, 6.07) is 3.68. The number of hydrogen-bond donors (Lipinski definition) is 0. The summed E-state index contributed by atoms with van der Waals surface area (Å²) in [5.41, 5.74) is 0.998. The van der Waals surface area contributed by atoms with E-state index in [2.05, 4.69) is 6.07 Å².